The molecule has 0 spiro atoms. The van der Waals surface area contributed by atoms with Crippen molar-refractivity contribution < 1.29 is 4.74 Å². The van der Waals surface area contributed by atoms with Gasteiger partial charge in [-0.25, -0.2) is 0 Å². The van der Waals surface area contributed by atoms with Gasteiger partial charge in [0.2, 0.25) is 0 Å². The van der Waals surface area contributed by atoms with E-state index in [2.05, 4.69) is 77.5 Å². The fourth-order valence-corrected chi connectivity index (χ4v) is 4.37. The molecule has 0 aromatic heterocycles. The summed E-state index contributed by atoms with van der Waals surface area (Å²) in [5.41, 5.74) is 9.62. The maximum atomic E-state index is 6.34. The Morgan fingerprint density at radius 3 is 2.21 bits per heavy atom. The lowest BCUT2D eigenvalue weighted by Gasteiger charge is -2.36. The van der Waals surface area contributed by atoms with Gasteiger partial charge in [-0.05, 0) is 48.7 Å². The molecule has 0 aliphatic heterocycles. The van der Waals surface area contributed by atoms with Crippen LogP contribution in [0.5, 0.6) is 5.75 Å². The van der Waals surface area contributed by atoms with Gasteiger partial charge in [-0.1, -0.05) is 89.9 Å². The number of benzene rings is 3. The monoisotopic (exact) mass is 437 g/mol. The van der Waals surface area contributed by atoms with Gasteiger partial charge in [0.15, 0.2) is 0 Å². The number of nitrogens with two attached hydrogens (primary N) is 1. The van der Waals surface area contributed by atoms with Crippen molar-refractivity contribution in [1.29, 1.82) is 0 Å². The molecule has 3 aromatic carbocycles. The molecule has 0 heterocycles. The maximum absolute atomic E-state index is 6.34. The Kier molecular flexibility index (Phi) is 7.30. The zero-order chi connectivity index (χ0) is 19.8. The van der Waals surface area contributed by atoms with Crippen LogP contribution in [0.25, 0.3) is 0 Å². The van der Waals surface area contributed by atoms with Crippen molar-refractivity contribution in [3.05, 3.63) is 100 Å². The largest absolute Gasteiger partial charge is 0.489 e. The Labute approximate surface area is 176 Å². The third kappa shape index (κ3) is 4.65. The van der Waals surface area contributed by atoms with Crippen molar-refractivity contribution >= 4 is 15.9 Å². The molecule has 146 valence electrons. The standard InChI is InChI=1S/C25H28BrNO/c1-2-15-25(16-17-27,21-11-7-4-8-12-21)23-18-22(26)13-14-24(23)28-19-20-9-5-3-6-10-20/h3-14,18H,2,15-17,19,27H2,1H3. The number of rotatable bonds is 9. The van der Waals surface area contributed by atoms with Gasteiger partial charge in [-0.3, -0.25) is 0 Å². The van der Waals surface area contributed by atoms with Crippen LogP contribution in [0.1, 0.15) is 42.9 Å². The fourth-order valence-electron chi connectivity index (χ4n) is 4.01. The molecule has 2 nitrogen and oxygen atoms in total. The third-order valence-electron chi connectivity index (χ3n) is 5.27. The van der Waals surface area contributed by atoms with Crippen LogP contribution in [0.4, 0.5) is 0 Å². The van der Waals surface area contributed by atoms with Crippen molar-refractivity contribution in [2.45, 2.75) is 38.2 Å². The minimum Gasteiger partial charge on any atom is -0.489 e. The molecule has 3 rings (SSSR count). The SMILES string of the molecule is CCCC(CCN)(c1ccccc1)c1cc(Br)ccc1OCc1ccccc1. The molecule has 2 N–H and O–H groups in total. The van der Waals surface area contributed by atoms with Crippen LogP contribution in [-0.2, 0) is 12.0 Å². The minimum atomic E-state index is -0.166. The average Bonchev–Trinajstić information content (AvgIpc) is 2.74. The van der Waals surface area contributed by atoms with Crippen LogP contribution in [0.2, 0.25) is 0 Å². The Bertz CT molecular complexity index is 858. The predicted molar refractivity (Wildman–Crippen MR) is 121 cm³/mol. The summed E-state index contributed by atoms with van der Waals surface area (Å²) in [5.74, 6) is 0.929. The van der Waals surface area contributed by atoms with Crippen LogP contribution in [0.15, 0.2) is 83.3 Å². The zero-order valence-electron chi connectivity index (χ0n) is 16.4. The number of ether oxygens (including phenoxy) is 1. The van der Waals surface area contributed by atoms with Gasteiger partial charge >= 0.3 is 0 Å². The highest BCUT2D eigenvalue weighted by molar-refractivity contribution is 9.10. The Balaban J connectivity index is 2.07. The molecule has 1 atom stereocenters. The van der Waals surface area contributed by atoms with Gasteiger partial charge in [0.25, 0.3) is 0 Å². The molecule has 3 heteroatoms. The van der Waals surface area contributed by atoms with E-state index >= 15 is 0 Å². The Morgan fingerprint density at radius 1 is 0.893 bits per heavy atom. The first kappa shape index (κ1) is 20.6. The summed E-state index contributed by atoms with van der Waals surface area (Å²) in [7, 11) is 0. The van der Waals surface area contributed by atoms with E-state index in [0.717, 1.165) is 35.0 Å². The first-order valence-electron chi connectivity index (χ1n) is 9.92. The molecule has 3 aromatic rings. The van der Waals surface area contributed by atoms with Crippen LogP contribution >= 0.6 is 15.9 Å². The molecule has 0 radical (unpaired) electrons. The van der Waals surface area contributed by atoms with Gasteiger partial charge in [0.1, 0.15) is 12.4 Å². The summed E-state index contributed by atoms with van der Waals surface area (Å²) in [5, 5.41) is 0. The molecule has 0 aliphatic carbocycles. The molecule has 0 bridgehead atoms. The van der Waals surface area contributed by atoms with Gasteiger partial charge in [0, 0.05) is 15.5 Å². The summed E-state index contributed by atoms with van der Waals surface area (Å²) in [6.07, 6.45) is 2.97. The van der Waals surface area contributed by atoms with E-state index in [1.807, 2.05) is 24.3 Å². The van der Waals surface area contributed by atoms with Gasteiger partial charge < -0.3 is 10.5 Å². The number of hydrogen-bond acceptors (Lipinski definition) is 2. The molecule has 28 heavy (non-hydrogen) atoms. The minimum absolute atomic E-state index is 0.166. The van der Waals surface area contributed by atoms with Crippen molar-refractivity contribution in [1.82, 2.24) is 0 Å². The highest BCUT2D eigenvalue weighted by atomic mass is 79.9. The molecule has 1 unspecified atom stereocenters. The van der Waals surface area contributed by atoms with E-state index in [0.29, 0.717) is 13.2 Å². The topological polar surface area (TPSA) is 35.2 Å². The summed E-state index contributed by atoms with van der Waals surface area (Å²) < 4.78 is 7.40. The Hall–Kier alpha value is -2.10. The quantitative estimate of drug-likeness (QED) is 0.416. The lowest BCUT2D eigenvalue weighted by atomic mass is 9.69. The summed E-state index contributed by atoms with van der Waals surface area (Å²) >= 11 is 3.67. The van der Waals surface area contributed by atoms with E-state index in [-0.39, 0.29) is 5.41 Å². The smallest absolute Gasteiger partial charge is 0.123 e. The second-order valence-electron chi connectivity index (χ2n) is 7.15. The lowest BCUT2D eigenvalue weighted by molar-refractivity contribution is 0.292. The third-order valence-corrected chi connectivity index (χ3v) is 5.76. The van der Waals surface area contributed by atoms with E-state index in [1.54, 1.807) is 0 Å². The fraction of sp³-hybridized carbons (Fsp3) is 0.280. The second-order valence-corrected chi connectivity index (χ2v) is 8.07. The lowest BCUT2D eigenvalue weighted by Crippen LogP contribution is -2.31. The van der Waals surface area contributed by atoms with E-state index in [9.17, 15) is 0 Å². The number of hydrogen-bond donors (Lipinski definition) is 1. The van der Waals surface area contributed by atoms with Gasteiger partial charge in [0.05, 0.1) is 0 Å². The second kappa shape index (κ2) is 9.90. The predicted octanol–water partition coefficient (Wildman–Crippen LogP) is 6.46. The average molecular weight is 438 g/mol. The normalized spacial score (nSPS) is 13.1. The summed E-state index contributed by atoms with van der Waals surface area (Å²) in [6.45, 7) is 3.41. The molecule has 0 aliphatic rings. The first-order chi connectivity index (χ1) is 13.7. The molecule has 0 fully saturated rings. The molecule has 0 saturated carbocycles. The molecular formula is C25H28BrNO. The van der Waals surface area contributed by atoms with Gasteiger partial charge in [-0.15, -0.1) is 0 Å². The number of halogens is 1. The van der Waals surface area contributed by atoms with E-state index in [4.69, 9.17) is 10.5 Å². The molecule has 0 amide bonds. The van der Waals surface area contributed by atoms with E-state index < -0.39 is 0 Å². The van der Waals surface area contributed by atoms with Crippen LogP contribution < -0.4 is 10.5 Å². The van der Waals surface area contributed by atoms with Crippen LogP contribution in [-0.4, -0.2) is 6.54 Å². The summed E-state index contributed by atoms with van der Waals surface area (Å²) in [4.78, 5) is 0. The van der Waals surface area contributed by atoms with Crippen molar-refractivity contribution in [2.24, 2.45) is 5.73 Å². The van der Waals surface area contributed by atoms with Gasteiger partial charge in [-0.2, -0.15) is 0 Å². The van der Waals surface area contributed by atoms with Crippen molar-refractivity contribution in [2.75, 3.05) is 6.54 Å². The summed E-state index contributed by atoms with van der Waals surface area (Å²) in [6, 6.07) is 27.3. The van der Waals surface area contributed by atoms with E-state index in [1.165, 1.54) is 11.1 Å². The highest BCUT2D eigenvalue weighted by Gasteiger charge is 2.35. The molecule has 0 saturated heterocycles. The van der Waals surface area contributed by atoms with Crippen molar-refractivity contribution in [3.63, 3.8) is 0 Å². The maximum Gasteiger partial charge on any atom is 0.123 e. The molecular weight excluding hydrogens is 410 g/mol. The zero-order valence-corrected chi connectivity index (χ0v) is 18.0. The Morgan fingerprint density at radius 2 is 1.57 bits per heavy atom. The first-order valence-corrected chi connectivity index (χ1v) is 10.7. The van der Waals surface area contributed by atoms with Crippen LogP contribution in [0.3, 0.4) is 0 Å². The van der Waals surface area contributed by atoms with Crippen LogP contribution in [0, 0.1) is 0 Å². The highest BCUT2D eigenvalue weighted by Crippen LogP contribution is 2.45. The van der Waals surface area contributed by atoms with Crippen molar-refractivity contribution in [3.8, 4) is 5.75 Å².